The fourth-order valence-corrected chi connectivity index (χ4v) is 2.27. The number of non-ortho nitro benzene ring substituents is 2. The number of hydrazone groups is 1. The molecule has 0 saturated carbocycles. The van der Waals surface area contributed by atoms with Crippen LogP contribution in [0.25, 0.3) is 0 Å². The van der Waals surface area contributed by atoms with Gasteiger partial charge in [0.25, 0.3) is 17.3 Å². The summed E-state index contributed by atoms with van der Waals surface area (Å²) in [5.41, 5.74) is 2.65. The van der Waals surface area contributed by atoms with E-state index in [4.69, 9.17) is 0 Å². The van der Waals surface area contributed by atoms with E-state index >= 15 is 0 Å². The van der Waals surface area contributed by atoms with Crippen LogP contribution in [-0.2, 0) is 4.79 Å². The lowest BCUT2D eigenvalue weighted by molar-refractivity contribution is -0.385. The van der Waals surface area contributed by atoms with Crippen LogP contribution < -0.4 is 10.7 Å². The van der Waals surface area contributed by atoms with Gasteiger partial charge in [0.15, 0.2) is 0 Å². The first-order valence-electron chi connectivity index (χ1n) is 8.46. The summed E-state index contributed by atoms with van der Waals surface area (Å²) in [6.07, 6.45) is 1.70. The van der Waals surface area contributed by atoms with Gasteiger partial charge in [-0.3, -0.25) is 29.8 Å². The maximum atomic E-state index is 12.0. The number of carbonyl (C=O) groups is 2. The summed E-state index contributed by atoms with van der Waals surface area (Å²) in [7, 11) is 0. The number of nitrogens with zero attached hydrogens (tertiary/aromatic N) is 3. The molecular weight excluding hydrogens is 382 g/mol. The molecule has 11 nitrogen and oxygen atoms in total. The third-order valence-corrected chi connectivity index (χ3v) is 3.67. The van der Waals surface area contributed by atoms with Crippen molar-refractivity contribution in [3.8, 4) is 0 Å². The average Bonchev–Trinajstić information content (AvgIpc) is 2.71. The molecule has 0 aliphatic rings. The smallest absolute Gasteiger partial charge is 0.270 e. The molecule has 150 valence electrons. The number of hydrogen-bond donors (Lipinski definition) is 2. The molecule has 0 unspecified atom stereocenters. The van der Waals surface area contributed by atoms with Crippen molar-refractivity contribution in [2.45, 2.75) is 12.8 Å². The van der Waals surface area contributed by atoms with Crippen LogP contribution in [0.4, 0.5) is 11.4 Å². The first-order chi connectivity index (χ1) is 13.9. The van der Waals surface area contributed by atoms with Crippen molar-refractivity contribution in [1.29, 1.82) is 0 Å². The fraction of sp³-hybridized carbons (Fsp3) is 0.167. The second kappa shape index (κ2) is 10.3. The van der Waals surface area contributed by atoms with Gasteiger partial charge < -0.3 is 5.32 Å². The SMILES string of the molecule is O=C(CCCNC(=O)c1cccc([N+](=O)[O-])c1)N/N=C/c1cccc([N+](=O)[O-])c1. The zero-order valence-corrected chi connectivity index (χ0v) is 15.1. The van der Waals surface area contributed by atoms with Gasteiger partial charge in [-0.05, 0) is 12.5 Å². The van der Waals surface area contributed by atoms with E-state index in [1.807, 2.05) is 0 Å². The van der Waals surface area contributed by atoms with Crippen LogP contribution in [0.2, 0.25) is 0 Å². The topological polar surface area (TPSA) is 157 Å². The highest BCUT2D eigenvalue weighted by molar-refractivity contribution is 5.94. The summed E-state index contributed by atoms with van der Waals surface area (Å²) in [5, 5.41) is 27.7. The van der Waals surface area contributed by atoms with Gasteiger partial charge in [0.2, 0.25) is 5.91 Å². The van der Waals surface area contributed by atoms with Crippen LogP contribution in [0.1, 0.15) is 28.8 Å². The van der Waals surface area contributed by atoms with Gasteiger partial charge in [-0.25, -0.2) is 5.43 Å². The minimum Gasteiger partial charge on any atom is -0.352 e. The van der Waals surface area contributed by atoms with Crippen LogP contribution in [-0.4, -0.2) is 34.4 Å². The third-order valence-electron chi connectivity index (χ3n) is 3.67. The van der Waals surface area contributed by atoms with Crippen LogP contribution in [0, 0.1) is 20.2 Å². The Morgan fingerprint density at radius 2 is 1.66 bits per heavy atom. The molecule has 0 aliphatic carbocycles. The van der Waals surface area contributed by atoms with Gasteiger partial charge in [0.1, 0.15) is 0 Å². The molecule has 2 rings (SSSR count). The van der Waals surface area contributed by atoms with Crippen molar-refractivity contribution in [2.75, 3.05) is 6.54 Å². The molecule has 29 heavy (non-hydrogen) atoms. The van der Waals surface area contributed by atoms with Crippen molar-refractivity contribution in [3.63, 3.8) is 0 Å². The van der Waals surface area contributed by atoms with E-state index in [-0.39, 0.29) is 29.9 Å². The highest BCUT2D eigenvalue weighted by Crippen LogP contribution is 2.13. The second-order valence-electron chi connectivity index (χ2n) is 5.81. The number of nitrogens with one attached hydrogen (secondary N) is 2. The van der Waals surface area contributed by atoms with E-state index in [9.17, 15) is 29.8 Å². The summed E-state index contributed by atoms with van der Waals surface area (Å²) in [6, 6.07) is 11.1. The molecule has 0 atom stereocenters. The van der Waals surface area contributed by atoms with Gasteiger partial charge in [0.05, 0.1) is 16.1 Å². The first kappa shape index (κ1) is 21.2. The largest absolute Gasteiger partial charge is 0.352 e. The molecule has 11 heteroatoms. The van der Waals surface area contributed by atoms with Gasteiger partial charge in [-0.2, -0.15) is 5.10 Å². The zero-order valence-electron chi connectivity index (χ0n) is 15.1. The summed E-state index contributed by atoms with van der Waals surface area (Å²) < 4.78 is 0. The lowest BCUT2D eigenvalue weighted by atomic mass is 10.2. The van der Waals surface area contributed by atoms with E-state index in [1.165, 1.54) is 48.7 Å². The van der Waals surface area contributed by atoms with Gasteiger partial charge in [-0.15, -0.1) is 0 Å². The van der Waals surface area contributed by atoms with Crippen LogP contribution in [0.5, 0.6) is 0 Å². The molecule has 2 aromatic carbocycles. The minimum atomic E-state index is -0.588. The Labute approximate surface area is 164 Å². The lowest BCUT2D eigenvalue weighted by Gasteiger charge is -2.05. The molecule has 0 bridgehead atoms. The Morgan fingerprint density at radius 3 is 2.34 bits per heavy atom. The number of rotatable bonds is 9. The standard InChI is InChI=1S/C18H17N5O6/c24-17(21-20-12-13-4-1-6-15(10-13)22(26)27)8-3-9-19-18(25)14-5-2-7-16(11-14)23(28)29/h1-2,4-7,10-12H,3,8-9H2,(H,19,25)(H,21,24)/b20-12+. The Bertz CT molecular complexity index is 959. The van der Waals surface area contributed by atoms with E-state index in [1.54, 1.807) is 6.07 Å². The quantitative estimate of drug-likeness (QED) is 0.285. The third kappa shape index (κ3) is 6.82. The van der Waals surface area contributed by atoms with Crippen molar-refractivity contribution in [2.24, 2.45) is 5.10 Å². The number of benzene rings is 2. The monoisotopic (exact) mass is 399 g/mol. The predicted molar refractivity (Wildman–Crippen MR) is 103 cm³/mol. The van der Waals surface area contributed by atoms with Gasteiger partial charge in [-0.1, -0.05) is 18.2 Å². The molecule has 0 spiro atoms. The van der Waals surface area contributed by atoms with Crippen molar-refractivity contribution >= 4 is 29.4 Å². The number of nitro benzene ring substituents is 2. The van der Waals surface area contributed by atoms with E-state index in [0.29, 0.717) is 12.0 Å². The van der Waals surface area contributed by atoms with Crippen LogP contribution in [0.3, 0.4) is 0 Å². The normalized spacial score (nSPS) is 10.5. The zero-order chi connectivity index (χ0) is 21.2. The number of nitro groups is 2. The molecule has 0 radical (unpaired) electrons. The molecule has 0 aromatic heterocycles. The average molecular weight is 399 g/mol. The molecule has 0 heterocycles. The molecule has 0 aliphatic heterocycles. The molecule has 0 fully saturated rings. The highest BCUT2D eigenvalue weighted by Gasteiger charge is 2.11. The lowest BCUT2D eigenvalue weighted by Crippen LogP contribution is -2.26. The number of amides is 2. The van der Waals surface area contributed by atoms with Crippen LogP contribution in [0.15, 0.2) is 53.6 Å². The molecule has 2 aromatic rings. The van der Waals surface area contributed by atoms with Crippen molar-refractivity contribution in [3.05, 3.63) is 79.9 Å². The molecule has 2 N–H and O–H groups in total. The first-order valence-corrected chi connectivity index (χ1v) is 8.46. The maximum Gasteiger partial charge on any atom is 0.270 e. The van der Waals surface area contributed by atoms with Crippen molar-refractivity contribution < 1.29 is 19.4 Å². The highest BCUT2D eigenvalue weighted by atomic mass is 16.6. The Balaban J connectivity index is 1.72. The summed E-state index contributed by atoms with van der Waals surface area (Å²) in [5.74, 6) is -0.867. The second-order valence-corrected chi connectivity index (χ2v) is 5.81. The van der Waals surface area contributed by atoms with Gasteiger partial charge >= 0.3 is 0 Å². The molecule has 0 saturated heterocycles. The summed E-state index contributed by atoms with van der Waals surface area (Å²) >= 11 is 0. The predicted octanol–water partition coefficient (Wildman–Crippen LogP) is 2.16. The van der Waals surface area contributed by atoms with Crippen LogP contribution >= 0.6 is 0 Å². The summed E-state index contributed by atoms with van der Waals surface area (Å²) in [4.78, 5) is 44.0. The van der Waals surface area contributed by atoms with Crippen molar-refractivity contribution in [1.82, 2.24) is 10.7 Å². The molecular formula is C18H17N5O6. The molecule has 2 amide bonds. The Hall–Kier alpha value is -4.15. The van der Waals surface area contributed by atoms with E-state index in [0.717, 1.165) is 0 Å². The fourth-order valence-electron chi connectivity index (χ4n) is 2.27. The summed E-state index contributed by atoms with van der Waals surface area (Å²) in [6.45, 7) is 0.198. The Kier molecular flexibility index (Phi) is 7.48. The maximum absolute atomic E-state index is 12.0. The number of carbonyl (C=O) groups excluding carboxylic acids is 2. The van der Waals surface area contributed by atoms with E-state index in [2.05, 4.69) is 15.8 Å². The van der Waals surface area contributed by atoms with Gasteiger partial charge in [0, 0.05) is 48.4 Å². The Morgan fingerprint density at radius 1 is 1.00 bits per heavy atom. The van der Waals surface area contributed by atoms with E-state index < -0.39 is 21.7 Å². The number of hydrogen-bond acceptors (Lipinski definition) is 7. The minimum absolute atomic E-state index is 0.0835.